The highest BCUT2D eigenvalue weighted by molar-refractivity contribution is 5.73. The van der Waals surface area contributed by atoms with Crippen molar-refractivity contribution in [3.05, 3.63) is 66.7 Å². The van der Waals surface area contributed by atoms with Gasteiger partial charge in [-0.05, 0) is 24.3 Å². The molecule has 24 heavy (non-hydrogen) atoms. The van der Waals surface area contributed by atoms with E-state index in [4.69, 9.17) is 5.11 Å². The number of nitrogens with zero attached hydrogens (tertiary/aromatic N) is 5. The summed E-state index contributed by atoms with van der Waals surface area (Å²) < 4.78 is 0. The summed E-state index contributed by atoms with van der Waals surface area (Å²) in [5, 5.41) is 49.1. The highest BCUT2D eigenvalue weighted by Crippen LogP contribution is 2.41. The number of rotatable bonds is 5. The molecule has 0 heterocycles. The number of non-ortho nitro benzene ring substituents is 1. The van der Waals surface area contributed by atoms with Gasteiger partial charge in [0.15, 0.2) is 0 Å². The Morgan fingerprint density at radius 3 is 1.71 bits per heavy atom. The number of nitro groups is 3. The highest BCUT2D eigenvalue weighted by Gasteiger charge is 2.30. The van der Waals surface area contributed by atoms with Crippen molar-refractivity contribution in [3.63, 3.8) is 0 Å². The fourth-order valence-electron chi connectivity index (χ4n) is 1.70. The minimum Gasteiger partial charge on any atom is -0.508 e. The number of azo groups is 1. The molecule has 0 aliphatic heterocycles. The van der Waals surface area contributed by atoms with Gasteiger partial charge in [-0.1, -0.05) is 0 Å². The number of benzene rings is 2. The van der Waals surface area contributed by atoms with E-state index >= 15 is 0 Å². The summed E-state index contributed by atoms with van der Waals surface area (Å²) in [7, 11) is 0. The molecule has 0 saturated heterocycles. The maximum atomic E-state index is 11.1. The van der Waals surface area contributed by atoms with Gasteiger partial charge in [-0.2, -0.15) is 5.11 Å². The molecule has 0 radical (unpaired) electrons. The summed E-state index contributed by atoms with van der Waals surface area (Å²) in [5.74, 6) is -0.0544. The van der Waals surface area contributed by atoms with E-state index in [1.165, 1.54) is 24.3 Å². The molecule has 12 nitrogen and oxygen atoms in total. The molecule has 122 valence electrons. The van der Waals surface area contributed by atoms with Gasteiger partial charge < -0.3 is 5.11 Å². The summed E-state index contributed by atoms with van der Waals surface area (Å²) in [6.07, 6.45) is 0. The lowest BCUT2D eigenvalue weighted by Crippen LogP contribution is -1.97. The summed E-state index contributed by atoms with van der Waals surface area (Å²) in [6.45, 7) is 0. The molecule has 12 heteroatoms. The van der Waals surface area contributed by atoms with Crippen LogP contribution in [-0.4, -0.2) is 19.9 Å². The van der Waals surface area contributed by atoms with Crippen LogP contribution in [-0.2, 0) is 0 Å². The highest BCUT2D eigenvalue weighted by atomic mass is 16.6. The molecule has 1 N–H and O–H groups in total. The molecule has 0 amide bonds. The third-order valence-electron chi connectivity index (χ3n) is 2.77. The first kappa shape index (κ1) is 16.4. The lowest BCUT2D eigenvalue weighted by Gasteiger charge is -1.99. The van der Waals surface area contributed by atoms with Crippen LogP contribution in [0.2, 0.25) is 0 Å². The maximum absolute atomic E-state index is 11.1. The van der Waals surface area contributed by atoms with Gasteiger partial charge in [0.1, 0.15) is 5.75 Å². The van der Waals surface area contributed by atoms with Crippen LogP contribution in [0.4, 0.5) is 28.4 Å². The van der Waals surface area contributed by atoms with Crippen molar-refractivity contribution < 1.29 is 19.9 Å². The fourth-order valence-corrected chi connectivity index (χ4v) is 1.70. The van der Waals surface area contributed by atoms with Gasteiger partial charge in [0, 0.05) is 0 Å². The van der Waals surface area contributed by atoms with E-state index in [-0.39, 0.29) is 11.4 Å². The second kappa shape index (κ2) is 6.43. The third-order valence-corrected chi connectivity index (χ3v) is 2.77. The number of phenols is 1. The summed E-state index contributed by atoms with van der Waals surface area (Å²) in [4.78, 5) is 29.8. The molecule has 0 aliphatic rings. The van der Waals surface area contributed by atoms with Gasteiger partial charge in [0.2, 0.25) is 5.69 Å². The summed E-state index contributed by atoms with van der Waals surface area (Å²) in [6, 6.07) is 6.32. The van der Waals surface area contributed by atoms with Gasteiger partial charge >= 0.3 is 11.4 Å². The van der Waals surface area contributed by atoms with E-state index in [1.807, 2.05) is 0 Å². The molecule has 0 bridgehead atoms. The monoisotopic (exact) mass is 333 g/mol. The first-order valence-corrected chi connectivity index (χ1v) is 6.11. The molecule has 0 spiro atoms. The smallest absolute Gasteiger partial charge is 0.310 e. The van der Waals surface area contributed by atoms with Gasteiger partial charge in [0.25, 0.3) is 5.69 Å². The summed E-state index contributed by atoms with van der Waals surface area (Å²) >= 11 is 0. The van der Waals surface area contributed by atoms with Crippen LogP contribution in [0.1, 0.15) is 0 Å². The average molecular weight is 333 g/mol. The molecular weight excluding hydrogens is 326 g/mol. The Kier molecular flexibility index (Phi) is 4.40. The van der Waals surface area contributed by atoms with E-state index in [9.17, 15) is 30.3 Å². The molecule has 0 fully saturated rings. The van der Waals surface area contributed by atoms with Crippen LogP contribution in [0, 0.1) is 30.3 Å². The fraction of sp³-hybridized carbons (Fsp3) is 0. The third kappa shape index (κ3) is 3.44. The predicted molar refractivity (Wildman–Crippen MR) is 78.7 cm³/mol. The standard InChI is InChI=1S/C12H7N5O7/c18-9-3-1-7(2-4-9)13-14-12-10(16(21)22)5-8(15(19)20)6-11(12)17(23)24/h1-6,18H. The van der Waals surface area contributed by atoms with E-state index < -0.39 is 37.5 Å². The molecule has 0 aliphatic carbocycles. The zero-order chi connectivity index (χ0) is 17.9. The molecule has 0 unspecified atom stereocenters. The normalized spacial score (nSPS) is 10.7. The number of phenolic OH excluding ortho intramolecular Hbond substituents is 1. The molecular formula is C12H7N5O7. The van der Waals surface area contributed by atoms with Gasteiger partial charge in [-0.25, -0.2) is 0 Å². The topological polar surface area (TPSA) is 174 Å². The van der Waals surface area contributed by atoms with Crippen LogP contribution in [0.5, 0.6) is 5.75 Å². The van der Waals surface area contributed by atoms with E-state index in [0.717, 1.165) is 0 Å². The molecule has 2 aromatic rings. The second-order valence-corrected chi connectivity index (χ2v) is 4.32. The second-order valence-electron chi connectivity index (χ2n) is 4.32. The SMILES string of the molecule is O=[N+]([O-])c1cc([N+](=O)[O-])c(N=Nc2ccc(O)cc2)c([N+](=O)[O-])c1. The minimum atomic E-state index is -1.02. The number of hydrogen-bond acceptors (Lipinski definition) is 9. The Morgan fingerprint density at radius 2 is 1.29 bits per heavy atom. The lowest BCUT2D eigenvalue weighted by atomic mass is 10.2. The lowest BCUT2D eigenvalue weighted by molar-refractivity contribution is -0.402. The molecule has 0 saturated carbocycles. The Labute approximate surface area is 132 Å². The van der Waals surface area contributed by atoms with Crippen molar-refractivity contribution in [2.24, 2.45) is 10.2 Å². The molecule has 2 aromatic carbocycles. The van der Waals surface area contributed by atoms with Crippen molar-refractivity contribution in [2.75, 3.05) is 0 Å². The summed E-state index contributed by atoms with van der Waals surface area (Å²) in [5.41, 5.74) is -3.20. The van der Waals surface area contributed by atoms with Gasteiger partial charge in [-0.3, -0.25) is 30.3 Å². The van der Waals surface area contributed by atoms with Gasteiger partial charge in [-0.15, -0.1) is 5.11 Å². The molecule has 0 aromatic heterocycles. The van der Waals surface area contributed by atoms with Crippen molar-refractivity contribution in [1.82, 2.24) is 0 Å². The van der Waals surface area contributed by atoms with Crippen molar-refractivity contribution in [1.29, 1.82) is 0 Å². The maximum Gasteiger partial charge on any atom is 0.310 e. The number of aromatic hydroxyl groups is 1. The number of nitro benzene ring substituents is 3. The van der Waals surface area contributed by atoms with E-state index in [2.05, 4.69) is 10.2 Å². The van der Waals surface area contributed by atoms with Gasteiger partial charge in [0.05, 0.1) is 32.6 Å². The molecule has 0 atom stereocenters. The van der Waals surface area contributed by atoms with Crippen LogP contribution in [0.15, 0.2) is 46.6 Å². The quantitative estimate of drug-likeness (QED) is 0.494. The van der Waals surface area contributed by atoms with Crippen LogP contribution >= 0.6 is 0 Å². The Morgan fingerprint density at radius 1 is 0.792 bits per heavy atom. The molecule has 2 rings (SSSR count). The van der Waals surface area contributed by atoms with Crippen LogP contribution in [0.3, 0.4) is 0 Å². The Hall–Kier alpha value is -3.96. The first-order valence-electron chi connectivity index (χ1n) is 6.11. The van der Waals surface area contributed by atoms with Crippen molar-refractivity contribution in [2.45, 2.75) is 0 Å². The Bertz CT molecular complexity index is 828. The van der Waals surface area contributed by atoms with Crippen molar-refractivity contribution in [3.8, 4) is 5.75 Å². The Balaban J connectivity index is 2.61. The largest absolute Gasteiger partial charge is 0.508 e. The minimum absolute atomic E-state index is 0.0544. The predicted octanol–water partition coefficient (Wildman–Crippen LogP) is 3.53. The van der Waals surface area contributed by atoms with E-state index in [1.54, 1.807) is 0 Å². The zero-order valence-electron chi connectivity index (χ0n) is 11.6. The first-order chi connectivity index (χ1) is 11.3. The van der Waals surface area contributed by atoms with E-state index in [0.29, 0.717) is 12.1 Å². The zero-order valence-corrected chi connectivity index (χ0v) is 11.6. The van der Waals surface area contributed by atoms with Crippen LogP contribution < -0.4 is 0 Å². The average Bonchev–Trinajstić information content (AvgIpc) is 2.53. The van der Waals surface area contributed by atoms with Crippen LogP contribution in [0.25, 0.3) is 0 Å². The van der Waals surface area contributed by atoms with Crippen molar-refractivity contribution >= 4 is 28.4 Å². The number of hydrogen-bond donors (Lipinski definition) is 1.